The zero-order chi connectivity index (χ0) is 13.3. The van der Waals surface area contributed by atoms with Gasteiger partial charge >= 0.3 is 5.69 Å². The van der Waals surface area contributed by atoms with Gasteiger partial charge in [-0.05, 0) is 0 Å². The molecule has 2 rings (SSSR count). The van der Waals surface area contributed by atoms with Crippen LogP contribution in [0.2, 0.25) is 0 Å². The summed E-state index contributed by atoms with van der Waals surface area (Å²) in [6.45, 7) is -0.343. The van der Waals surface area contributed by atoms with Gasteiger partial charge in [0, 0.05) is 19.4 Å². The van der Waals surface area contributed by atoms with E-state index in [9.17, 15) is 14.7 Å². The average molecular weight is 258 g/mol. The predicted molar refractivity (Wildman–Crippen MR) is 59.1 cm³/mol. The van der Waals surface area contributed by atoms with Crippen molar-refractivity contribution in [3.8, 4) is 0 Å². The van der Waals surface area contributed by atoms with Crippen LogP contribution in [-0.2, 0) is 9.47 Å². The summed E-state index contributed by atoms with van der Waals surface area (Å²) in [6.07, 6.45) is -2.36. The Morgan fingerprint density at radius 3 is 2.78 bits per heavy atom. The number of nitrogens with zero attached hydrogens (tertiary/aromatic N) is 1. The summed E-state index contributed by atoms with van der Waals surface area (Å²) in [7, 11) is 1.37. The van der Waals surface area contributed by atoms with Gasteiger partial charge in [0.25, 0.3) is 5.56 Å². The van der Waals surface area contributed by atoms with Gasteiger partial charge in [-0.3, -0.25) is 14.3 Å². The van der Waals surface area contributed by atoms with E-state index < -0.39 is 35.8 Å². The van der Waals surface area contributed by atoms with Crippen LogP contribution in [0.15, 0.2) is 21.9 Å². The van der Waals surface area contributed by atoms with Crippen LogP contribution < -0.4 is 11.2 Å². The number of aliphatic hydroxyl groups is 2. The molecule has 8 heteroatoms. The van der Waals surface area contributed by atoms with Crippen molar-refractivity contribution in [1.29, 1.82) is 0 Å². The number of aromatic amines is 1. The highest BCUT2D eigenvalue weighted by atomic mass is 16.6. The van der Waals surface area contributed by atoms with E-state index in [1.807, 2.05) is 0 Å². The van der Waals surface area contributed by atoms with Gasteiger partial charge in [0.2, 0.25) is 0 Å². The molecule has 0 bridgehead atoms. The molecule has 0 unspecified atom stereocenters. The van der Waals surface area contributed by atoms with E-state index in [0.717, 1.165) is 10.6 Å². The Balaban J connectivity index is 2.34. The molecule has 1 fully saturated rings. The molecule has 100 valence electrons. The summed E-state index contributed by atoms with van der Waals surface area (Å²) in [5, 5.41) is 19.1. The highest BCUT2D eigenvalue weighted by Crippen LogP contribution is 2.29. The quantitative estimate of drug-likeness (QED) is 0.567. The van der Waals surface area contributed by atoms with E-state index in [2.05, 4.69) is 4.98 Å². The summed E-state index contributed by atoms with van der Waals surface area (Å²) < 4.78 is 11.4. The smallest absolute Gasteiger partial charge is 0.330 e. The molecule has 4 atom stereocenters. The van der Waals surface area contributed by atoms with Gasteiger partial charge < -0.3 is 19.7 Å². The Labute approximate surface area is 101 Å². The first-order valence-corrected chi connectivity index (χ1v) is 5.37. The molecule has 3 N–H and O–H groups in total. The molecule has 8 nitrogen and oxygen atoms in total. The van der Waals surface area contributed by atoms with Crippen molar-refractivity contribution >= 4 is 0 Å². The van der Waals surface area contributed by atoms with Crippen molar-refractivity contribution in [2.24, 2.45) is 0 Å². The Morgan fingerprint density at radius 1 is 1.56 bits per heavy atom. The Hall–Kier alpha value is -1.48. The molecule has 1 aliphatic heterocycles. The van der Waals surface area contributed by atoms with E-state index >= 15 is 0 Å². The molecule has 18 heavy (non-hydrogen) atoms. The van der Waals surface area contributed by atoms with Gasteiger partial charge in [-0.15, -0.1) is 0 Å². The van der Waals surface area contributed by atoms with Gasteiger partial charge in [0.05, 0.1) is 6.61 Å². The monoisotopic (exact) mass is 258 g/mol. The third-order valence-electron chi connectivity index (χ3n) is 2.89. The number of methoxy groups -OCH3 is 1. The highest BCUT2D eigenvalue weighted by Gasteiger charge is 2.44. The van der Waals surface area contributed by atoms with Crippen LogP contribution in [0.25, 0.3) is 0 Å². The minimum absolute atomic E-state index is 0.343. The number of hydrogen-bond acceptors (Lipinski definition) is 6. The molecule has 0 radical (unpaired) electrons. The maximum absolute atomic E-state index is 11.6. The van der Waals surface area contributed by atoms with Crippen molar-refractivity contribution in [3.05, 3.63) is 33.1 Å². The van der Waals surface area contributed by atoms with E-state index in [1.54, 1.807) is 0 Å². The second-order valence-corrected chi connectivity index (χ2v) is 3.96. The van der Waals surface area contributed by atoms with Crippen LogP contribution in [0.5, 0.6) is 0 Å². The lowest BCUT2D eigenvalue weighted by Crippen LogP contribution is -2.38. The molecular weight excluding hydrogens is 244 g/mol. The minimum Gasteiger partial charge on any atom is -0.394 e. The van der Waals surface area contributed by atoms with Crippen LogP contribution in [0, 0.1) is 0 Å². The minimum atomic E-state index is -1.12. The summed E-state index contributed by atoms with van der Waals surface area (Å²) >= 11 is 0. The number of aromatic nitrogens is 2. The summed E-state index contributed by atoms with van der Waals surface area (Å²) in [6, 6.07) is 1.14. The predicted octanol–water partition coefficient (Wildman–Crippen LogP) is -2.20. The molecule has 0 spiro atoms. The van der Waals surface area contributed by atoms with Crippen molar-refractivity contribution in [1.82, 2.24) is 9.55 Å². The number of hydrogen-bond donors (Lipinski definition) is 3. The van der Waals surface area contributed by atoms with Gasteiger partial charge in [-0.2, -0.15) is 0 Å². The van der Waals surface area contributed by atoms with E-state index in [1.165, 1.54) is 13.3 Å². The van der Waals surface area contributed by atoms with Gasteiger partial charge in [0.15, 0.2) is 6.23 Å². The first-order chi connectivity index (χ1) is 8.58. The molecule has 1 aromatic rings. The molecule has 1 aliphatic rings. The van der Waals surface area contributed by atoms with Crippen molar-refractivity contribution in [2.75, 3.05) is 13.7 Å². The number of rotatable bonds is 3. The second-order valence-electron chi connectivity index (χ2n) is 3.96. The Bertz CT molecular complexity index is 524. The van der Waals surface area contributed by atoms with Crippen molar-refractivity contribution in [3.63, 3.8) is 0 Å². The lowest BCUT2D eigenvalue weighted by Gasteiger charge is -2.17. The largest absolute Gasteiger partial charge is 0.394 e. The standard InChI is InChI=1S/C10H14N2O6/c1-17-8-5(4-13)18-9(7(8)15)12-3-2-6(14)11-10(12)16/h2-3,5,7-9,13,15H,4H2,1H3,(H,11,14,16)/t5-,7+,8-,9-/m1/s1. The van der Waals surface area contributed by atoms with E-state index in [0.29, 0.717) is 0 Å². The molecular formula is C10H14N2O6. The van der Waals surface area contributed by atoms with Crippen LogP contribution in [0.3, 0.4) is 0 Å². The van der Waals surface area contributed by atoms with Crippen molar-refractivity contribution in [2.45, 2.75) is 24.5 Å². The zero-order valence-corrected chi connectivity index (χ0v) is 9.65. The Kier molecular flexibility index (Phi) is 3.62. The first-order valence-electron chi connectivity index (χ1n) is 5.37. The van der Waals surface area contributed by atoms with Crippen LogP contribution in [-0.4, -0.2) is 51.8 Å². The number of ether oxygens (including phenoxy) is 2. The van der Waals surface area contributed by atoms with Crippen LogP contribution in [0.4, 0.5) is 0 Å². The maximum atomic E-state index is 11.6. The fraction of sp³-hybridized carbons (Fsp3) is 0.600. The van der Waals surface area contributed by atoms with E-state index in [-0.39, 0.29) is 6.61 Å². The van der Waals surface area contributed by atoms with Gasteiger partial charge in [-0.25, -0.2) is 4.79 Å². The molecule has 2 heterocycles. The average Bonchev–Trinajstić information content (AvgIpc) is 2.66. The second kappa shape index (κ2) is 5.02. The lowest BCUT2D eigenvalue weighted by molar-refractivity contribution is -0.0569. The topological polar surface area (TPSA) is 114 Å². The summed E-state index contributed by atoms with van der Waals surface area (Å²) in [4.78, 5) is 24.6. The zero-order valence-electron chi connectivity index (χ0n) is 9.65. The highest BCUT2D eigenvalue weighted by molar-refractivity contribution is 4.93. The fourth-order valence-corrected chi connectivity index (χ4v) is 2.02. The molecule has 0 amide bonds. The van der Waals surface area contributed by atoms with Gasteiger partial charge in [0.1, 0.15) is 18.3 Å². The van der Waals surface area contributed by atoms with Crippen molar-refractivity contribution < 1.29 is 19.7 Å². The number of H-pyrrole nitrogens is 1. The summed E-state index contributed by atoms with van der Waals surface area (Å²) in [5.41, 5.74) is -1.23. The van der Waals surface area contributed by atoms with Crippen LogP contribution in [0.1, 0.15) is 6.23 Å². The normalized spacial score (nSPS) is 31.7. The number of nitrogens with one attached hydrogen (secondary N) is 1. The fourth-order valence-electron chi connectivity index (χ4n) is 2.02. The molecule has 0 aromatic carbocycles. The van der Waals surface area contributed by atoms with Gasteiger partial charge in [-0.1, -0.05) is 0 Å². The third-order valence-corrected chi connectivity index (χ3v) is 2.89. The first kappa shape index (κ1) is 13.0. The summed E-state index contributed by atoms with van der Waals surface area (Å²) in [5.74, 6) is 0. The molecule has 1 aromatic heterocycles. The number of aliphatic hydroxyl groups excluding tert-OH is 2. The maximum Gasteiger partial charge on any atom is 0.330 e. The molecule has 1 saturated heterocycles. The molecule has 0 saturated carbocycles. The van der Waals surface area contributed by atoms with Crippen LogP contribution >= 0.6 is 0 Å². The lowest BCUT2D eigenvalue weighted by atomic mass is 10.1. The van der Waals surface area contributed by atoms with E-state index in [4.69, 9.17) is 14.6 Å². The molecule has 0 aliphatic carbocycles. The third kappa shape index (κ3) is 2.10. The Morgan fingerprint density at radius 2 is 2.28 bits per heavy atom. The SMILES string of the molecule is CO[C@H]1[C@H](O)[C@H](n2ccc(=O)[nH]c2=O)O[C@@H]1CO.